The SMILES string of the molecule is COC(=O)CCN1CCN(c2ccc(C#N)cn2)CC1. The van der Waals surface area contributed by atoms with Crippen molar-refractivity contribution in [1.82, 2.24) is 9.88 Å². The molecular formula is C14H18N4O2. The Bertz CT molecular complexity index is 487. The molecular weight excluding hydrogens is 256 g/mol. The van der Waals surface area contributed by atoms with Crippen molar-refractivity contribution in [2.75, 3.05) is 44.7 Å². The van der Waals surface area contributed by atoms with Gasteiger partial charge in [-0.3, -0.25) is 9.69 Å². The predicted molar refractivity (Wildman–Crippen MR) is 74.2 cm³/mol. The zero-order valence-electron chi connectivity index (χ0n) is 11.6. The van der Waals surface area contributed by atoms with Gasteiger partial charge in [0, 0.05) is 38.9 Å². The van der Waals surface area contributed by atoms with E-state index in [0.29, 0.717) is 12.0 Å². The number of carbonyl (C=O) groups excluding carboxylic acids is 1. The summed E-state index contributed by atoms with van der Waals surface area (Å²) in [6, 6.07) is 5.73. The number of ether oxygens (including phenoxy) is 1. The lowest BCUT2D eigenvalue weighted by Gasteiger charge is -2.35. The summed E-state index contributed by atoms with van der Waals surface area (Å²) in [5, 5.41) is 8.75. The van der Waals surface area contributed by atoms with Gasteiger partial charge in [-0.05, 0) is 12.1 Å². The van der Waals surface area contributed by atoms with Crippen LogP contribution in [0.4, 0.5) is 5.82 Å². The summed E-state index contributed by atoms with van der Waals surface area (Å²) in [6.45, 7) is 4.29. The third-order valence-electron chi connectivity index (χ3n) is 3.43. The van der Waals surface area contributed by atoms with E-state index in [-0.39, 0.29) is 5.97 Å². The number of methoxy groups -OCH3 is 1. The minimum Gasteiger partial charge on any atom is -0.469 e. The highest BCUT2D eigenvalue weighted by Crippen LogP contribution is 2.14. The lowest BCUT2D eigenvalue weighted by Crippen LogP contribution is -2.47. The molecule has 0 aromatic carbocycles. The number of carbonyl (C=O) groups is 1. The third-order valence-corrected chi connectivity index (χ3v) is 3.43. The van der Waals surface area contributed by atoms with Gasteiger partial charge in [0.15, 0.2) is 0 Å². The molecule has 6 heteroatoms. The van der Waals surface area contributed by atoms with E-state index in [1.165, 1.54) is 7.11 Å². The standard InChI is InChI=1S/C14H18N4O2/c1-20-14(19)4-5-17-6-8-18(9-7-17)13-3-2-12(10-15)11-16-13/h2-3,11H,4-9H2,1H3. The summed E-state index contributed by atoms with van der Waals surface area (Å²) >= 11 is 0. The van der Waals surface area contributed by atoms with Gasteiger partial charge in [0.1, 0.15) is 11.9 Å². The van der Waals surface area contributed by atoms with E-state index < -0.39 is 0 Å². The van der Waals surface area contributed by atoms with Crippen LogP contribution in [0.1, 0.15) is 12.0 Å². The largest absolute Gasteiger partial charge is 0.469 e. The van der Waals surface area contributed by atoms with Gasteiger partial charge in [0.2, 0.25) is 0 Å². The van der Waals surface area contributed by atoms with E-state index in [9.17, 15) is 4.79 Å². The molecule has 1 aliphatic heterocycles. The minimum atomic E-state index is -0.166. The fourth-order valence-electron chi connectivity index (χ4n) is 2.19. The summed E-state index contributed by atoms with van der Waals surface area (Å²) < 4.78 is 4.64. The van der Waals surface area contributed by atoms with Crippen LogP contribution >= 0.6 is 0 Å². The fraction of sp³-hybridized carbons (Fsp3) is 0.500. The van der Waals surface area contributed by atoms with E-state index >= 15 is 0 Å². The number of esters is 1. The van der Waals surface area contributed by atoms with Crippen LogP contribution in [-0.2, 0) is 9.53 Å². The molecule has 106 valence electrons. The first-order valence-electron chi connectivity index (χ1n) is 6.63. The molecule has 0 unspecified atom stereocenters. The highest BCUT2D eigenvalue weighted by atomic mass is 16.5. The van der Waals surface area contributed by atoms with Crippen LogP contribution < -0.4 is 4.90 Å². The molecule has 0 atom stereocenters. The topological polar surface area (TPSA) is 69.5 Å². The number of nitriles is 1. The molecule has 0 amide bonds. The van der Waals surface area contributed by atoms with Crippen LogP contribution in [0.5, 0.6) is 0 Å². The number of rotatable bonds is 4. The quantitative estimate of drug-likeness (QED) is 0.750. The maximum Gasteiger partial charge on any atom is 0.306 e. The molecule has 0 aliphatic carbocycles. The van der Waals surface area contributed by atoms with Crippen LogP contribution in [0, 0.1) is 11.3 Å². The van der Waals surface area contributed by atoms with Crippen LogP contribution in [0.25, 0.3) is 0 Å². The molecule has 0 radical (unpaired) electrons. The molecule has 2 heterocycles. The first kappa shape index (κ1) is 14.3. The monoisotopic (exact) mass is 274 g/mol. The Morgan fingerprint density at radius 2 is 2.15 bits per heavy atom. The van der Waals surface area contributed by atoms with Crippen molar-refractivity contribution in [3.63, 3.8) is 0 Å². The molecule has 1 aromatic rings. The average molecular weight is 274 g/mol. The average Bonchev–Trinajstić information content (AvgIpc) is 2.53. The normalized spacial score (nSPS) is 15.7. The Hall–Kier alpha value is -2.13. The van der Waals surface area contributed by atoms with E-state index in [1.807, 2.05) is 6.07 Å². The summed E-state index contributed by atoms with van der Waals surface area (Å²) in [4.78, 5) is 19.8. The molecule has 0 N–H and O–H groups in total. The van der Waals surface area contributed by atoms with Gasteiger partial charge in [0.05, 0.1) is 19.1 Å². The Morgan fingerprint density at radius 3 is 2.70 bits per heavy atom. The van der Waals surface area contributed by atoms with Gasteiger partial charge in [0.25, 0.3) is 0 Å². The molecule has 2 rings (SSSR count). The molecule has 0 spiro atoms. The fourth-order valence-corrected chi connectivity index (χ4v) is 2.19. The summed E-state index contributed by atoms with van der Waals surface area (Å²) in [5.74, 6) is 0.734. The van der Waals surface area contributed by atoms with Crippen molar-refractivity contribution >= 4 is 11.8 Å². The highest BCUT2D eigenvalue weighted by molar-refractivity contribution is 5.69. The second kappa shape index (κ2) is 6.87. The van der Waals surface area contributed by atoms with Crippen molar-refractivity contribution in [3.05, 3.63) is 23.9 Å². The molecule has 1 aromatic heterocycles. The van der Waals surface area contributed by atoms with Crippen molar-refractivity contribution < 1.29 is 9.53 Å². The molecule has 1 aliphatic rings. The molecule has 1 saturated heterocycles. The lowest BCUT2D eigenvalue weighted by molar-refractivity contribution is -0.141. The summed E-state index contributed by atoms with van der Waals surface area (Å²) in [7, 11) is 1.41. The first-order valence-corrected chi connectivity index (χ1v) is 6.63. The second-order valence-electron chi connectivity index (χ2n) is 4.67. The van der Waals surface area contributed by atoms with E-state index in [4.69, 9.17) is 5.26 Å². The summed E-state index contributed by atoms with van der Waals surface area (Å²) in [5.41, 5.74) is 0.575. The Morgan fingerprint density at radius 1 is 1.40 bits per heavy atom. The Balaban J connectivity index is 1.81. The van der Waals surface area contributed by atoms with Crippen molar-refractivity contribution in [2.45, 2.75) is 6.42 Å². The van der Waals surface area contributed by atoms with E-state index in [2.05, 4.69) is 25.6 Å². The third kappa shape index (κ3) is 3.68. The zero-order valence-corrected chi connectivity index (χ0v) is 11.6. The van der Waals surface area contributed by atoms with E-state index in [1.54, 1.807) is 12.3 Å². The first-order chi connectivity index (χ1) is 9.72. The van der Waals surface area contributed by atoms with Gasteiger partial charge in [-0.25, -0.2) is 4.98 Å². The van der Waals surface area contributed by atoms with Crippen LogP contribution in [0.15, 0.2) is 18.3 Å². The maximum atomic E-state index is 11.1. The van der Waals surface area contributed by atoms with Gasteiger partial charge in [-0.15, -0.1) is 0 Å². The Kier molecular flexibility index (Phi) is 4.91. The number of aromatic nitrogens is 1. The van der Waals surface area contributed by atoms with Crippen molar-refractivity contribution in [3.8, 4) is 6.07 Å². The van der Waals surface area contributed by atoms with Crippen LogP contribution in [0.2, 0.25) is 0 Å². The number of piperazine rings is 1. The summed E-state index contributed by atoms with van der Waals surface area (Å²) in [6.07, 6.45) is 2.03. The molecule has 20 heavy (non-hydrogen) atoms. The number of hydrogen-bond acceptors (Lipinski definition) is 6. The highest BCUT2D eigenvalue weighted by Gasteiger charge is 2.18. The smallest absolute Gasteiger partial charge is 0.306 e. The van der Waals surface area contributed by atoms with Gasteiger partial charge in [-0.1, -0.05) is 0 Å². The number of anilines is 1. The second-order valence-corrected chi connectivity index (χ2v) is 4.67. The predicted octanol–water partition coefficient (Wildman–Crippen LogP) is 0.638. The maximum absolute atomic E-state index is 11.1. The Labute approximate surface area is 118 Å². The van der Waals surface area contributed by atoms with Crippen LogP contribution in [-0.4, -0.2) is 55.7 Å². The zero-order chi connectivity index (χ0) is 14.4. The van der Waals surface area contributed by atoms with Gasteiger partial charge in [-0.2, -0.15) is 5.26 Å². The molecule has 6 nitrogen and oxygen atoms in total. The lowest BCUT2D eigenvalue weighted by atomic mass is 10.2. The number of hydrogen-bond donors (Lipinski definition) is 0. The van der Waals surface area contributed by atoms with Crippen molar-refractivity contribution in [2.24, 2.45) is 0 Å². The van der Waals surface area contributed by atoms with Crippen molar-refractivity contribution in [1.29, 1.82) is 5.26 Å². The van der Waals surface area contributed by atoms with Gasteiger partial charge >= 0.3 is 5.97 Å². The number of nitrogens with zero attached hydrogens (tertiary/aromatic N) is 4. The van der Waals surface area contributed by atoms with Crippen LogP contribution in [0.3, 0.4) is 0 Å². The molecule has 0 saturated carbocycles. The minimum absolute atomic E-state index is 0.166. The van der Waals surface area contributed by atoms with Gasteiger partial charge < -0.3 is 9.64 Å². The molecule has 0 bridgehead atoms. The van der Waals surface area contributed by atoms with E-state index in [0.717, 1.165) is 38.5 Å². The number of pyridine rings is 1. The molecule has 1 fully saturated rings.